The molecule has 24 heavy (non-hydrogen) atoms. The monoisotopic (exact) mass is 332 g/mol. The van der Waals surface area contributed by atoms with Crippen LogP contribution < -0.4 is 0 Å². The van der Waals surface area contributed by atoms with Crippen molar-refractivity contribution in [1.82, 2.24) is 0 Å². The predicted molar refractivity (Wildman–Crippen MR) is 91.3 cm³/mol. The summed E-state index contributed by atoms with van der Waals surface area (Å²) in [5.74, 6) is -0.323. The van der Waals surface area contributed by atoms with Gasteiger partial charge in [-0.2, -0.15) is 0 Å². The van der Waals surface area contributed by atoms with Gasteiger partial charge in [-0.15, -0.1) is 0 Å². The third-order valence-corrected chi connectivity index (χ3v) is 6.96. The molecule has 0 bridgehead atoms. The lowest BCUT2D eigenvalue weighted by Gasteiger charge is -2.56. The van der Waals surface area contributed by atoms with Gasteiger partial charge < -0.3 is 9.84 Å². The molecule has 1 aliphatic heterocycles. The number of cyclic esters (lactones) is 1. The van der Waals surface area contributed by atoms with Gasteiger partial charge in [0.15, 0.2) is 0 Å². The van der Waals surface area contributed by atoms with Gasteiger partial charge in [-0.05, 0) is 68.8 Å². The normalized spacial score (nSPS) is 38.9. The Morgan fingerprint density at radius 3 is 2.75 bits per heavy atom. The second kappa shape index (κ2) is 6.05. The van der Waals surface area contributed by atoms with Crippen LogP contribution in [0.25, 0.3) is 0 Å². The average Bonchev–Trinajstić information content (AvgIpc) is 2.91. The molecule has 1 N–H and O–H groups in total. The minimum atomic E-state index is -0.650. The molecule has 4 unspecified atom stereocenters. The summed E-state index contributed by atoms with van der Waals surface area (Å²) in [6.45, 7) is 6.84. The van der Waals surface area contributed by atoms with E-state index in [9.17, 15) is 14.7 Å². The highest BCUT2D eigenvalue weighted by atomic mass is 16.5. The molecule has 1 fully saturated rings. The molecule has 2 aliphatic carbocycles. The first kappa shape index (κ1) is 17.2. The number of ether oxygens (including phenoxy) is 1. The summed E-state index contributed by atoms with van der Waals surface area (Å²) in [6, 6.07) is 0. The maximum absolute atomic E-state index is 12.0. The summed E-state index contributed by atoms with van der Waals surface area (Å²) in [5.41, 5.74) is 1.84. The van der Waals surface area contributed by atoms with Gasteiger partial charge in [-0.3, -0.25) is 4.79 Å². The Kier molecular flexibility index (Phi) is 4.35. The molecule has 0 spiro atoms. The van der Waals surface area contributed by atoms with Crippen LogP contribution in [0.2, 0.25) is 0 Å². The lowest BCUT2D eigenvalue weighted by atomic mass is 9.47. The van der Waals surface area contributed by atoms with Crippen molar-refractivity contribution in [2.45, 2.75) is 59.3 Å². The molecule has 0 aromatic heterocycles. The summed E-state index contributed by atoms with van der Waals surface area (Å²) in [5, 5.41) is 9.85. The van der Waals surface area contributed by atoms with Crippen LogP contribution in [0.5, 0.6) is 0 Å². The van der Waals surface area contributed by atoms with Crippen LogP contribution in [0.4, 0.5) is 0 Å². The zero-order valence-corrected chi connectivity index (χ0v) is 14.9. The van der Waals surface area contributed by atoms with E-state index in [1.807, 2.05) is 6.92 Å². The first-order valence-electron chi connectivity index (χ1n) is 9.03. The molecule has 132 valence electrons. The highest BCUT2D eigenvalue weighted by molar-refractivity contribution is 5.85. The van der Waals surface area contributed by atoms with Crippen molar-refractivity contribution in [3.05, 3.63) is 23.3 Å². The van der Waals surface area contributed by atoms with E-state index in [2.05, 4.69) is 19.9 Å². The first-order chi connectivity index (χ1) is 11.3. The van der Waals surface area contributed by atoms with Crippen LogP contribution in [-0.4, -0.2) is 23.7 Å². The average molecular weight is 332 g/mol. The second-order valence-electron chi connectivity index (χ2n) is 8.32. The summed E-state index contributed by atoms with van der Waals surface area (Å²) >= 11 is 0. The molecule has 0 radical (unpaired) electrons. The Morgan fingerprint density at radius 2 is 2.12 bits per heavy atom. The van der Waals surface area contributed by atoms with E-state index < -0.39 is 11.4 Å². The highest BCUT2D eigenvalue weighted by Crippen LogP contribution is 2.60. The van der Waals surface area contributed by atoms with Gasteiger partial charge in [-0.1, -0.05) is 25.0 Å². The SMILES string of the molecule is CC1=CCC2C(C)(C(=O)O)CCCC2(C)C1CCC1=CC(=O)OC1. The van der Waals surface area contributed by atoms with E-state index in [-0.39, 0.29) is 17.3 Å². The lowest BCUT2D eigenvalue weighted by molar-refractivity contribution is -0.162. The molecule has 0 saturated heterocycles. The van der Waals surface area contributed by atoms with Crippen LogP contribution in [0.1, 0.15) is 59.3 Å². The molecular formula is C20H28O4. The van der Waals surface area contributed by atoms with Gasteiger partial charge in [0.25, 0.3) is 0 Å². The Labute approximate surface area is 144 Å². The van der Waals surface area contributed by atoms with E-state index in [1.165, 1.54) is 5.57 Å². The maximum atomic E-state index is 12.0. The van der Waals surface area contributed by atoms with Crippen LogP contribution in [-0.2, 0) is 14.3 Å². The summed E-state index contributed by atoms with van der Waals surface area (Å²) in [6.07, 6.45) is 9.40. The number of carboxylic acids is 1. The van der Waals surface area contributed by atoms with Crippen molar-refractivity contribution in [3.63, 3.8) is 0 Å². The largest absolute Gasteiger partial charge is 0.481 e. The number of aliphatic carboxylic acids is 1. The zero-order valence-electron chi connectivity index (χ0n) is 14.9. The number of fused-ring (bicyclic) bond motifs is 1. The molecule has 1 heterocycles. The number of carbonyl (C=O) groups excluding carboxylic acids is 1. The number of allylic oxidation sites excluding steroid dienone is 2. The van der Waals surface area contributed by atoms with Crippen molar-refractivity contribution >= 4 is 11.9 Å². The predicted octanol–water partition coefficient (Wildman–Crippen LogP) is 4.11. The topological polar surface area (TPSA) is 63.6 Å². The van der Waals surface area contributed by atoms with Gasteiger partial charge in [0.05, 0.1) is 5.41 Å². The van der Waals surface area contributed by atoms with Gasteiger partial charge in [0, 0.05) is 6.08 Å². The molecule has 1 saturated carbocycles. The van der Waals surface area contributed by atoms with Crippen molar-refractivity contribution in [1.29, 1.82) is 0 Å². The van der Waals surface area contributed by atoms with E-state index >= 15 is 0 Å². The molecule has 4 heteroatoms. The molecule has 0 aromatic rings. The Hall–Kier alpha value is -1.58. The van der Waals surface area contributed by atoms with E-state index in [0.717, 1.165) is 44.1 Å². The molecular weight excluding hydrogens is 304 g/mol. The Bertz CT molecular complexity index is 617. The Morgan fingerprint density at radius 1 is 1.38 bits per heavy atom. The lowest BCUT2D eigenvalue weighted by Crippen LogP contribution is -2.52. The van der Waals surface area contributed by atoms with Crippen molar-refractivity contribution < 1.29 is 19.4 Å². The minimum absolute atomic E-state index is 0.0221. The second-order valence-corrected chi connectivity index (χ2v) is 8.32. The number of carbonyl (C=O) groups is 2. The third-order valence-electron chi connectivity index (χ3n) is 6.96. The van der Waals surface area contributed by atoms with Crippen LogP contribution in [0.3, 0.4) is 0 Å². The first-order valence-corrected chi connectivity index (χ1v) is 9.03. The van der Waals surface area contributed by atoms with Gasteiger partial charge in [0.2, 0.25) is 0 Å². The standard InChI is InChI=1S/C20H28O4/c1-13-5-8-16-19(2,9-4-10-20(16,3)18(22)23)15(13)7-6-14-11-17(21)24-12-14/h5,11,15-16H,4,6-10,12H2,1-3H3,(H,22,23). The van der Waals surface area contributed by atoms with Gasteiger partial charge in [0.1, 0.15) is 6.61 Å². The third kappa shape index (κ3) is 2.70. The summed E-state index contributed by atoms with van der Waals surface area (Å²) in [4.78, 5) is 23.2. The molecule has 0 aromatic carbocycles. The fourth-order valence-electron chi connectivity index (χ4n) is 5.53. The van der Waals surface area contributed by atoms with Crippen LogP contribution in [0.15, 0.2) is 23.3 Å². The van der Waals surface area contributed by atoms with Crippen molar-refractivity contribution in [3.8, 4) is 0 Å². The zero-order chi connectivity index (χ0) is 17.5. The van der Waals surface area contributed by atoms with Crippen LogP contribution in [0, 0.1) is 22.7 Å². The Balaban J connectivity index is 1.84. The summed E-state index contributed by atoms with van der Waals surface area (Å²) < 4.78 is 5.00. The number of esters is 1. The molecule has 0 amide bonds. The quantitative estimate of drug-likeness (QED) is 0.621. The number of hydrogen-bond donors (Lipinski definition) is 1. The molecule has 3 aliphatic rings. The van der Waals surface area contributed by atoms with Gasteiger partial charge >= 0.3 is 11.9 Å². The number of hydrogen-bond acceptors (Lipinski definition) is 3. The molecule has 3 rings (SSSR count). The summed E-state index contributed by atoms with van der Waals surface area (Å²) in [7, 11) is 0. The highest BCUT2D eigenvalue weighted by Gasteiger charge is 2.56. The van der Waals surface area contributed by atoms with E-state index in [0.29, 0.717) is 12.5 Å². The minimum Gasteiger partial charge on any atom is -0.481 e. The maximum Gasteiger partial charge on any atom is 0.331 e. The number of rotatable bonds is 4. The smallest absolute Gasteiger partial charge is 0.331 e. The van der Waals surface area contributed by atoms with Crippen molar-refractivity contribution in [2.75, 3.05) is 6.61 Å². The molecule has 4 atom stereocenters. The molecule has 4 nitrogen and oxygen atoms in total. The number of carboxylic acid groups (broad SMARTS) is 1. The van der Waals surface area contributed by atoms with E-state index in [1.54, 1.807) is 6.08 Å². The fourth-order valence-corrected chi connectivity index (χ4v) is 5.53. The van der Waals surface area contributed by atoms with Crippen molar-refractivity contribution in [2.24, 2.45) is 22.7 Å². The van der Waals surface area contributed by atoms with Gasteiger partial charge in [-0.25, -0.2) is 4.79 Å². The van der Waals surface area contributed by atoms with E-state index in [4.69, 9.17) is 4.74 Å². The van der Waals surface area contributed by atoms with Crippen LogP contribution >= 0.6 is 0 Å². The fraction of sp³-hybridized carbons (Fsp3) is 0.700.